The highest BCUT2D eigenvalue weighted by Crippen LogP contribution is 2.50. The molecule has 4 nitrogen and oxygen atoms in total. The van der Waals surface area contributed by atoms with Gasteiger partial charge in [0.2, 0.25) is 5.91 Å². The number of benzene rings is 2. The highest BCUT2D eigenvalue weighted by Gasteiger charge is 2.47. The molecule has 1 amide bonds. The molecule has 3 rings (SSSR count). The molecule has 136 valence electrons. The van der Waals surface area contributed by atoms with Gasteiger partial charge in [-0.05, 0) is 31.0 Å². The zero-order valence-corrected chi connectivity index (χ0v) is 15.0. The fourth-order valence-corrected chi connectivity index (χ4v) is 3.47. The number of aliphatic carboxylic acids is 1. The van der Waals surface area contributed by atoms with Gasteiger partial charge < -0.3 is 10.4 Å². The maximum Gasteiger partial charge on any atom is 0.315 e. The lowest BCUT2D eigenvalue weighted by molar-refractivity contribution is -0.143. The number of halogens is 2. The first-order valence-electron chi connectivity index (χ1n) is 8.35. The Hall–Kier alpha value is -2.40. The van der Waals surface area contributed by atoms with E-state index in [1.54, 1.807) is 43.3 Å². The summed E-state index contributed by atoms with van der Waals surface area (Å²) in [5, 5.41) is 12.7. The van der Waals surface area contributed by atoms with Crippen molar-refractivity contribution in [3.05, 3.63) is 70.5 Å². The van der Waals surface area contributed by atoms with Gasteiger partial charge in [-0.3, -0.25) is 9.59 Å². The average Bonchev–Trinajstić information content (AvgIpc) is 3.40. The maximum absolute atomic E-state index is 14.0. The van der Waals surface area contributed by atoms with Crippen molar-refractivity contribution in [2.45, 2.75) is 24.7 Å². The van der Waals surface area contributed by atoms with Crippen LogP contribution in [0.1, 0.15) is 30.4 Å². The Balaban J connectivity index is 1.69. The van der Waals surface area contributed by atoms with Crippen LogP contribution in [0.5, 0.6) is 0 Å². The second-order valence-electron chi connectivity index (χ2n) is 6.81. The molecule has 0 saturated heterocycles. The molecule has 3 atom stereocenters. The third-order valence-electron chi connectivity index (χ3n) is 5.00. The molecule has 0 aromatic heterocycles. The van der Waals surface area contributed by atoms with Gasteiger partial charge in [0.1, 0.15) is 11.2 Å². The second-order valence-corrected chi connectivity index (χ2v) is 7.21. The summed E-state index contributed by atoms with van der Waals surface area (Å²) in [5.41, 5.74) is -0.271. The first-order chi connectivity index (χ1) is 12.3. The smallest absolute Gasteiger partial charge is 0.315 e. The molecule has 26 heavy (non-hydrogen) atoms. The topological polar surface area (TPSA) is 66.4 Å². The van der Waals surface area contributed by atoms with Crippen LogP contribution in [-0.4, -0.2) is 23.5 Å². The Labute approximate surface area is 156 Å². The molecule has 2 N–H and O–H groups in total. The zero-order valence-electron chi connectivity index (χ0n) is 14.2. The summed E-state index contributed by atoms with van der Waals surface area (Å²) in [6.45, 7) is 1.53. The predicted octanol–water partition coefficient (Wildman–Crippen LogP) is 3.74. The number of hydrogen-bond acceptors (Lipinski definition) is 2. The number of carbonyl (C=O) groups is 2. The van der Waals surface area contributed by atoms with Gasteiger partial charge in [-0.25, -0.2) is 4.39 Å². The normalized spacial score (nSPS) is 20.9. The molecule has 0 radical (unpaired) electrons. The SMILES string of the molecule is CC(CNC(=O)C1CC1c1c(F)cccc1Cl)(C(=O)O)c1ccccc1. The highest BCUT2D eigenvalue weighted by atomic mass is 35.5. The molecule has 3 unspecified atom stereocenters. The standard InChI is InChI=1S/C20H19ClFNO3/c1-20(19(25)26,12-6-3-2-4-7-12)11-23-18(24)14-10-13(14)17-15(21)8-5-9-16(17)22/h2-9,13-14H,10-11H2,1H3,(H,23,24)(H,25,26). The maximum atomic E-state index is 14.0. The Bertz CT molecular complexity index is 822. The molecule has 0 spiro atoms. The summed E-state index contributed by atoms with van der Waals surface area (Å²) in [7, 11) is 0. The van der Waals surface area contributed by atoms with E-state index in [1.807, 2.05) is 0 Å². The van der Waals surface area contributed by atoms with Gasteiger partial charge in [-0.15, -0.1) is 0 Å². The number of nitrogens with one attached hydrogen (secondary N) is 1. The zero-order chi connectivity index (χ0) is 18.9. The minimum Gasteiger partial charge on any atom is -0.481 e. The number of carbonyl (C=O) groups excluding carboxylic acids is 1. The van der Waals surface area contributed by atoms with Gasteiger partial charge >= 0.3 is 5.97 Å². The molecule has 1 aliphatic carbocycles. The Morgan fingerprint density at radius 3 is 2.54 bits per heavy atom. The number of carboxylic acid groups (broad SMARTS) is 1. The lowest BCUT2D eigenvalue weighted by Gasteiger charge is -2.25. The summed E-state index contributed by atoms with van der Waals surface area (Å²) < 4.78 is 14.0. The van der Waals surface area contributed by atoms with Crippen LogP contribution in [0.15, 0.2) is 48.5 Å². The van der Waals surface area contributed by atoms with Crippen LogP contribution < -0.4 is 5.32 Å². The summed E-state index contributed by atoms with van der Waals surface area (Å²) in [6.07, 6.45) is 0.502. The van der Waals surface area contributed by atoms with Gasteiger partial charge in [0.05, 0.1) is 0 Å². The van der Waals surface area contributed by atoms with Crippen LogP contribution in [0.3, 0.4) is 0 Å². The fraction of sp³-hybridized carbons (Fsp3) is 0.300. The van der Waals surface area contributed by atoms with Crippen LogP contribution in [0.4, 0.5) is 4.39 Å². The van der Waals surface area contributed by atoms with Gasteiger partial charge in [-0.2, -0.15) is 0 Å². The third kappa shape index (κ3) is 3.44. The van der Waals surface area contributed by atoms with Crippen molar-refractivity contribution >= 4 is 23.5 Å². The van der Waals surface area contributed by atoms with Crippen molar-refractivity contribution in [1.82, 2.24) is 5.32 Å². The van der Waals surface area contributed by atoms with Gasteiger partial charge in [0, 0.05) is 29.0 Å². The van der Waals surface area contributed by atoms with Crippen LogP contribution in [0.2, 0.25) is 5.02 Å². The first kappa shape index (κ1) is 18.4. The van der Waals surface area contributed by atoms with E-state index in [4.69, 9.17) is 11.6 Å². The average molecular weight is 376 g/mol. The van der Waals surface area contributed by atoms with Crippen LogP contribution in [0.25, 0.3) is 0 Å². The second kappa shape index (κ2) is 7.08. The molecule has 2 aromatic carbocycles. The third-order valence-corrected chi connectivity index (χ3v) is 5.33. The largest absolute Gasteiger partial charge is 0.481 e. The van der Waals surface area contributed by atoms with E-state index in [9.17, 15) is 19.1 Å². The monoisotopic (exact) mass is 375 g/mol. The first-order valence-corrected chi connectivity index (χ1v) is 8.73. The number of rotatable bonds is 6. The van der Waals surface area contributed by atoms with E-state index < -0.39 is 23.1 Å². The molecular weight excluding hydrogens is 357 g/mol. The van der Waals surface area contributed by atoms with Crippen LogP contribution in [-0.2, 0) is 15.0 Å². The molecule has 1 fully saturated rings. The van der Waals surface area contributed by atoms with Crippen molar-refractivity contribution in [3.8, 4) is 0 Å². The lowest BCUT2D eigenvalue weighted by Crippen LogP contribution is -2.44. The van der Waals surface area contributed by atoms with Crippen molar-refractivity contribution in [3.63, 3.8) is 0 Å². The molecule has 0 heterocycles. The number of hydrogen-bond donors (Lipinski definition) is 2. The van der Waals surface area contributed by atoms with E-state index in [1.165, 1.54) is 12.1 Å². The summed E-state index contributed by atoms with van der Waals surface area (Å²) in [5.74, 6) is -2.38. The van der Waals surface area contributed by atoms with E-state index in [0.717, 1.165) is 0 Å². The van der Waals surface area contributed by atoms with Crippen molar-refractivity contribution in [1.29, 1.82) is 0 Å². The Morgan fingerprint density at radius 2 is 1.92 bits per heavy atom. The van der Waals surface area contributed by atoms with E-state index >= 15 is 0 Å². The van der Waals surface area contributed by atoms with Gasteiger partial charge in [0.15, 0.2) is 0 Å². The molecule has 2 aromatic rings. The summed E-state index contributed by atoms with van der Waals surface area (Å²) >= 11 is 6.06. The van der Waals surface area contributed by atoms with Gasteiger partial charge in [-0.1, -0.05) is 48.0 Å². The van der Waals surface area contributed by atoms with E-state index in [0.29, 0.717) is 22.6 Å². The molecule has 1 aliphatic rings. The Morgan fingerprint density at radius 1 is 1.23 bits per heavy atom. The predicted molar refractivity (Wildman–Crippen MR) is 96.7 cm³/mol. The lowest BCUT2D eigenvalue weighted by atomic mass is 9.82. The van der Waals surface area contributed by atoms with Crippen molar-refractivity contribution in [2.24, 2.45) is 5.92 Å². The molecule has 0 bridgehead atoms. The minimum absolute atomic E-state index is 0.0423. The van der Waals surface area contributed by atoms with Gasteiger partial charge in [0.25, 0.3) is 0 Å². The summed E-state index contributed by atoms with van der Waals surface area (Å²) in [6, 6.07) is 13.2. The minimum atomic E-state index is -1.24. The Kier molecular flexibility index (Phi) is 5.01. The van der Waals surface area contributed by atoms with Crippen LogP contribution >= 0.6 is 11.6 Å². The molecule has 0 aliphatic heterocycles. The fourth-order valence-electron chi connectivity index (χ4n) is 3.17. The van der Waals surface area contributed by atoms with Crippen molar-refractivity contribution in [2.75, 3.05) is 6.54 Å². The molecule has 6 heteroatoms. The number of carboxylic acids is 1. The number of amides is 1. The van der Waals surface area contributed by atoms with Crippen molar-refractivity contribution < 1.29 is 19.1 Å². The quantitative estimate of drug-likeness (QED) is 0.808. The molecular formula is C20H19ClFNO3. The molecule has 1 saturated carbocycles. The van der Waals surface area contributed by atoms with E-state index in [-0.39, 0.29) is 18.4 Å². The van der Waals surface area contributed by atoms with Crippen LogP contribution in [0, 0.1) is 11.7 Å². The van der Waals surface area contributed by atoms with E-state index in [2.05, 4.69) is 5.32 Å². The highest BCUT2D eigenvalue weighted by molar-refractivity contribution is 6.31. The summed E-state index contributed by atoms with van der Waals surface area (Å²) in [4.78, 5) is 24.2.